The Morgan fingerprint density at radius 2 is 2.16 bits per heavy atom. The average molecular weight is 281 g/mol. The molecule has 0 saturated heterocycles. The normalized spacial score (nSPS) is 10.2. The number of hydrogen-bond acceptors (Lipinski definition) is 3. The SMILES string of the molecule is NC(=O)c1ccc(F)c(COc2ccc(Cl)nc2)c1. The number of primary amides is 1. The van der Waals surface area contributed by atoms with E-state index >= 15 is 0 Å². The maximum Gasteiger partial charge on any atom is 0.248 e. The number of nitrogens with two attached hydrogens (primary N) is 1. The Hall–Kier alpha value is -2.14. The maximum atomic E-state index is 13.5. The average Bonchev–Trinajstić information content (AvgIpc) is 2.39. The van der Waals surface area contributed by atoms with Crippen LogP contribution in [0.4, 0.5) is 4.39 Å². The van der Waals surface area contributed by atoms with Crippen molar-refractivity contribution in [3.05, 3.63) is 58.6 Å². The molecule has 1 amide bonds. The molecular weight excluding hydrogens is 271 g/mol. The number of carbonyl (C=O) groups is 1. The number of benzene rings is 1. The van der Waals surface area contributed by atoms with Crippen molar-refractivity contribution < 1.29 is 13.9 Å². The van der Waals surface area contributed by atoms with Gasteiger partial charge >= 0.3 is 0 Å². The Morgan fingerprint density at radius 1 is 1.37 bits per heavy atom. The first-order chi connectivity index (χ1) is 9.06. The molecule has 1 aromatic carbocycles. The van der Waals surface area contributed by atoms with E-state index in [-0.39, 0.29) is 17.7 Å². The predicted molar refractivity (Wildman–Crippen MR) is 68.5 cm³/mol. The summed E-state index contributed by atoms with van der Waals surface area (Å²) in [5.74, 6) is -0.630. The highest BCUT2D eigenvalue weighted by atomic mass is 35.5. The number of halogens is 2. The molecule has 1 heterocycles. The first kappa shape index (κ1) is 13.3. The van der Waals surface area contributed by atoms with Gasteiger partial charge in [-0.15, -0.1) is 0 Å². The second-order valence-electron chi connectivity index (χ2n) is 3.78. The standard InChI is InChI=1S/C13H10ClFN2O2/c14-12-4-2-10(6-17-12)19-7-9-5-8(13(16)18)1-3-11(9)15/h1-6H,7H2,(H2,16,18). The Bertz CT molecular complexity index is 602. The van der Waals surface area contributed by atoms with E-state index in [0.717, 1.165) is 0 Å². The molecule has 98 valence electrons. The van der Waals surface area contributed by atoms with E-state index in [2.05, 4.69) is 4.98 Å². The van der Waals surface area contributed by atoms with E-state index in [4.69, 9.17) is 22.1 Å². The van der Waals surface area contributed by atoms with Gasteiger partial charge in [-0.1, -0.05) is 11.6 Å². The second-order valence-corrected chi connectivity index (χ2v) is 4.16. The van der Waals surface area contributed by atoms with Crippen LogP contribution in [-0.4, -0.2) is 10.9 Å². The lowest BCUT2D eigenvalue weighted by molar-refractivity contribution is 0.1000. The summed E-state index contributed by atoms with van der Waals surface area (Å²) in [4.78, 5) is 14.8. The molecule has 0 unspecified atom stereocenters. The third kappa shape index (κ3) is 3.42. The van der Waals surface area contributed by atoms with Crippen molar-refractivity contribution in [2.75, 3.05) is 0 Å². The van der Waals surface area contributed by atoms with Crippen LogP contribution in [0.5, 0.6) is 5.75 Å². The quantitative estimate of drug-likeness (QED) is 0.875. The Morgan fingerprint density at radius 3 is 2.79 bits per heavy atom. The van der Waals surface area contributed by atoms with E-state index in [1.807, 2.05) is 0 Å². The molecule has 0 fully saturated rings. The Kier molecular flexibility index (Phi) is 3.97. The summed E-state index contributed by atoms with van der Waals surface area (Å²) in [6, 6.07) is 7.04. The van der Waals surface area contributed by atoms with Gasteiger partial charge in [0.2, 0.25) is 5.91 Å². The minimum Gasteiger partial charge on any atom is -0.487 e. The van der Waals surface area contributed by atoms with Crippen molar-refractivity contribution in [3.8, 4) is 5.75 Å². The van der Waals surface area contributed by atoms with Gasteiger partial charge in [0.25, 0.3) is 0 Å². The van der Waals surface area contributed by atoms with Crippen LogP contribution in [-0.2, 0) is 6.61 Å². The monoisotopic (exact) mass is 280 g/mol. The summed E-state index contributed by atoms with van der Waals surface area (Å²) < 4.78 is 18.9. The molecule has 0 spiro atoms. The van der Waals surface area contributed by atoms with Gasteiger partial charge in [-0.05, 0) is 30.3 Å². The van der Waals surface area contributed by atoms with Gasteiger partial charge < -0.3 is 10.5 Å². The van der Waals surface area contributed by atoms with Gasteiger partial charge in [-0.3, -0.25) is 4.79 Å². The number of nitrogens with zero attached hydrogens (tertiary/aromatic N) is 1. The van der Waals surface area contributed by atoms with Crippen molar-refractivity contribution in [1.82, 2.24) is 4.98 Å². The number of pyridine rings is 1. The smallest absolute Gasteiger partial charge is 0.248 e. The van der Waals surface area contributed by atoms with Crippen molar-refractivity contribution in [2.24, 2.45) is 5.73 Å². The Balaban J connectivity index is 2.12. The van der Waals surface area contributed by atoms with Crippen LogP contribution in [0.2, 0.25) is 5.15 Å². The zero-order valence-electron chi connectivity index (χ0n) is 9.77. The molecule has 6 heteroatoms. The molecule has 2 aromatic rings. The molecule has 4 nitrogen and oxygen atoms in total. The molecule has 0 aliphatic heterocycles. The second kappa shape index (κ2) is 5.67. The summed E-state index contributed by atoms with van der Waals surface area (Å²) in [7, 11) is 0. The van der Waals surface area contributed by atoms with Crippen LogP contribution in [0.1, 0.15) is 15.9 Å². The van der Waals surface area contributed by atoms with Crippen LogP contribution in [0.15, 0.2) is 36.5 Å². The minimum absolute atomic E-state index is 0.0315. The lowest BCUT2D eigenvalue weighted by Crippen LogP contribution is -2.12. The van der Waals surface area contributed by atoms with Gasteiger partial charge in [0.15, 0.2) is 0 Å². The molecule has 1 aromatic heterocycles. The maximum absolute atomic E-state index is 13.5. The molecule has 0 aliphatic carbocycles. The number of amides is 1. The number of rotatable bonds is 4. The van der Waals surface area contributed by atoms with Crippen LogP contribution in [0, 0.1) is 5.82 Å². The molecule has 0 bridgehead atoms. The molecule has 19 heavy (non-hydrogen) atoms. The van der Waals surface area contributed by atoms with Crippen LogP contribution in [0.3, 0.4) is 0 Å². The third-order valence-electron chi connectivity index (χ3n) is 2.42. The molecular formula is C13H10ClFN2O2. The number of hydrogen-bond donors (Lipinski definition) is 1. The van der Waals surface area contributed by atoms with Gasteiger partial charge in [0.1, 0.15) is 23.3 Å². The minimum atomic E-state index is -0.616. The summed E-state index contributed by atoms with van der Waals surface area (Å²) in [6.07, 6.45) is 1.43. The highest BCUT2D eigenvalue weighted by Gasteiger charge is 2.08. The van der Waals surface area contributed by atoms with Gasteiger partial charge in [-0.2, -0.15) is 0 Å². The molecule has 0 radical (unpaired) electrons. The molecule has 2 rings (SSSR count). The fourth-order valence-electron chi connectivity index (χ4n) is 1.45. The van der Waals surface area contributed by atoms with Crippen LogP contribution in [0.25, 0.3) is 0 Å². The van der Waals surface area contributed by atoms with E-state index in [1.165, 1.54) is 24.4 Å². The van der Waals surface area contributed by atoms with E-state index in [1.54, 1.807) is 12.1 Å². The van der Waals surface area contributed by atoms with E-state index in [9.17, 15) is 9.18 Å². The van der Waals surface area contributed by atoms with Crippen molar-refractivity contribution in [1.29, 1.82) is 0 Å². The van der Waals surface area contributed by atoms with Gasteiger partial charge in [0, 0.05) is 11.1 Å². The lowest BCUT2D eigenvalue weighted by Gasteiger charge is -2.07. The summed E-state index contributed by atoms with van der Waals surface area (Å²) in [5.41, 5.74) is 5.60. The molecule has 2 N–H and O–H groups in total. The largest absolute Gasteiger partial charge is 0.487 e. The van der Waals surface area contributed by atoms with E-state index < -0.39 is 11.7 Å². The number of aromatic nitrogens is 1. The summed E-state index contributed by atoms with van der Waals surface area (Å²) >= 11 is 5.63. The first-order valence-electron chi connectivity index (χ1n) is 5.39. The van der Waals surface area contributed by atoms with E-state index in [0.29, 0.717) is 10.9 Å². The van der Waals surface area contributed by atoms with Crippen molar-refractivity contribution in [2.45, 2.75) is 6.61 Å². The fraction of sp³-hybridized carbons (Fsp3) is 0.0769. The highest BCUT2D eigenvalue weighted by Crippen LogP contribution is 2.16. The molecule has 0 saturated carbocycles. The van der Waals surface area contributed by atoms with Gasteiger partial charge in [0.05, 0.1) is 6.20 Å². The summed E-state index contributed by atoms with van der Waals surface area (Å²) in [6.45, 7) is -0.0315. The number of carbonyl (C=O) groups excluding carboxylic acids is 1. The topological polar surface area (TPSA) is 65.2 Å². The molecule has 0 atom stereocenters. The van der Waals surface area contributed by atoms with Gasteiger partial charge in [-0.25, -0.2) is 9.37 Å². The molecule has 0 aliphatic rings. The fourth-order valence-corrected chi connectivity index (χ4v) is 1.56. The van der Waals surface area contributed by atoms with Crippen molar-refractivity contribution >= 4 is 17.5 Å². The lowest BCUT2D eigenvalue weighted by atomic mass is 10.1. The zero-order valence-corrected chi connectivity index (χ0v) is 10.5. The number of ether oxygens (including phenoxy) is 1. The first-order valence-corrected chi connectivity index (χ1v) is 5.76. The zero-order chi connectivity index (χ0) is 13.8. The van der Waals surface area contributed by atoms with Crippen LogP contribution >= 0.6 is 11.6 Å². The van der Waals surface area contributed by atoms with Crippen molar-refractivity contribution in [3.63, 3.8) is 0 Å². The summed E-state index contributed by atoms with van der Waals surface area (Å²) in [5, 5.41) is 0.342. The Labute approximate surface area is 114 Å². The van der Waals surface area contributed by atoms with Crippen LogP contribution < -0.4 is 10.5 Å². The highest BCUT2D eigenvalue weighted by molar-refractivity contribution is 6.29. The third-order valence-corrected chi connectivity index (χ3v) is 2.65. The predicted octanol–water partition coefficient (Wildman–Crippen LogP) is 2.55.